The minimum Gasteiger partial charge on any atom is -0.383 e. The predicted molar refractivity (Wildman–Crippen MR) is 92.2 cm³/mol. The number of rotatable bonds is 6. The molecule has 0 amide bonds. The van der Waals surface area contributed by atoms with Crippen LogP contribution >= 0.6 is 11.3 Å². The summed E-state index contributed by atoms with van der Waals surface area (Å²) in [6.45, 7) is 4.77. The number of nitrogens with zero attached hydrogens (tertiary/aromatic N) is 4. The zero-order valence-electron chi connectivity index (χ0n) is 13.7. The number of hydrogen-bond donors (Lipinski definition) is 1. The standard InChI is InChI=1S/C16H23N5OS/c1-12-11-14(20-16-17-6-10-23-16)19-15(18-12)13-5-3-4-7-21(13)8-9-22-2/h6,10-11,13H,3-5,7-9H2,1-2H3,(H,17,18,19,20). The number of aromatic nitrogens is 3. The lowest BCUT2D eigenvalue weighted by Crippen LogP contribution is -2.36. The van der Waals surface area contributed by atoms with E-state index in [4.69, 9.17) is 14.7 Å². The molecule has 6 nitrogen and oxygen atoms in total. The maximum atomic E-state index is 5.24. The van der Waals surface area contributed by atoms with Crippen molar-refractivity contribution in [3.8, 4) is 0 Å². The van der Waals surface area contributed by atoms with E-state index in [1.165, 1.54) is 12.8 Å². The Kier molecular flexibility index (Phi) is 5.53. The van der Waals surface area contributed by atoms with Gasteiger partial charge in [-0.25, -0.2) is 15.0 Å². The van der Waals surface area contributed by atoms with E-state index < -0.39 is 0 Å². The second-order valence-electron chi connectivity index (χ2n) is 5.76. The Morgan fingerprint density at radius 3 is 3.09 bits per heavy atom. The molecule has 3 rings (SSSR count). The van der Waals surface area contributed by atoms with Gasteiger partial charge in [-0.2, -0.15) is 0 Å². The van der Waals surface area contributed by atoms with Gasteiger partial charge in [-0.1, -0.05) is 6.42 Å². The van der Waals surface area contributed by atoms with Crippen LogP contribution in [-0.4, -0.2) is 46.7 Å². The number of thiazole rings is 1. The first-order valence-electron chi connectivity index (χ1n) is 8.01. The normalized spacial score (nSPS) is 19.0. The average molecular weight is 333 g/mol. The first kappa shape index (κ1) is 16.3. The number of piperidine rings is 1. The van der Waals surface area contributed by atoms with Crippen LogP contribution in [0.15, 0.2) is 17.6 Å². The number of ether oxygens (including phenoxy) is 1. The fraction of sp³-hybridized carbons (Fsp3) is 0.562. The predicted octanol–water partition coefficient (Wildman–Crippen LogP) is 3.16. The van der Waals surface area contributed by atoms with Gasteiger partial charge in [0.1, 0.15) is 11.6 Å². The summed E-state index contributed by atoms with van der Waals surface area (Å²) in [6.07, 6.45) is 5.34. The van der Waals surface area contributed by atoms with Crippen LogP contribution in [-0.2, 0) is 4.74 Å². The Balaban J connectivity index is 1.81. The number of aryl methyl sites for hydroxylation is 1. The number of nitrogens with one attached hydrogen (secondary N) is 1. The average Bonchev–Trinajstić information content (AvgIpc) is 3.05. The van der Waals surface area contributed by atoms with E-state index in [0.29, 0.717) is 0 Å². The van der Waals surface area contributed by atoms with E-state index in [2.05, 4.69) is 15.2 Å². The molecule has 1 N–H and O–H groups in total. The van der Waals surface area contributed by atoms with Crippen LogP contribution < -0.4 is 5.32 Å². The third-order valence-electron chi connectivity index (χ3n) is 4.03. The third kappa shape index (κ3) is 4.25. The number of methoxy groups -OCH3 is 1. The van der Waals surface area contributed by atoms with Crippen molar-refractivity contribution >= 4 is 22.3 Å². The highest BCUT2D eigenvalue weighted by Gasteiger charge is 2.26. The van der Waals surface area contributed by atoms with E-state index in [1.54, 1.807) is 24.6 Å². The van der Waals surface area contributed by atoms with Crippen LogP contribution in [0.3, 0.4) is 0 Å². The molecule has 3 heterocycles. The minimum absolute atomic E-state index is 0.274. The Labute approximate surface area is 140 Å². The highest BCUT2D eigenvalue weighted by atomic mass is 32.1. The molecular formula is C16H23N5OS. The molecule has 1 aliphatic heterocycles. The zero-order valence-corrected chi connectivity index (χ0v) is 14.5. The molecule has 1 aliphatic rings. The molecule has 1 unspecified atom stereocenters. The van der Waals surface area contributed by atoms with Gasteiger partial charge in [0.15, 0.2) is 5.13 Å². The molecule has 7 heteroatoms. The smallest absolute Gasteiger partial charge is 0.188 e. The Morgan fingerprint density at radius 1 is 1.39 bits per heavy atom. The highest BCUT2D eigenvalue weighted by molar-refractivity contribution is 7.13. The Bertz CT molecular complexity index is 619. The van der Waals surface area contributed by atoms with Crippen molar-refractivity contribution in [1.82, 2.24) is 19.9 Å². The molecule has 2 aromatic heterocycles. The van der Waals surface area contributed by atoms with Crippen molar-refractivity contribution < 1.29 is 4.74 Å². The van der Waals surface area contributed by atoms with Crippen LogP contribution in [0.5, 0.6) is 0 Å². The van der Waals surface area contributed by atoms with Crippen LogP contribution in [0.25, 0.3) is 0 Å². The van der Waals surface area contributed by atoms with E-state index in [-0.39, 0.29) is 6.04 Å². The van der Waals surface area contributed by atoms with Gasteiger partial charge >= 0.3 is 0 Å². The van der Waals surface area contributed by atoms with Gasteiger partial charge in [-0.15, -0.1) is 11.3 Å². The Morgan fingerprint density at radius 2 is 2.30 bits per heavy atom. The van der Waals surface area contributed by atoms with Gasteiger partial charge in [0.25, 0.3) is 0 Å². The first-order chi connectivity index (χ1) is 11.3. The number of likely N-dealkylation sites (tertiary alicyclic amines) is 1. The third-order valence-corrected chi connectivity index (χ3v) is 4.72. The second-order valence-corrected chi connectivity index (χ2v) is 6.65. The molecule has 0 aromatic carbocycles. The van der Waals surface area contributed by atoms with Crippen LogP contribution in [0.4, 0.5) is 10.9 Å². The maximum Gasteiger partial charge on any atom is 0.188 e. The number of hydrogen-bond acceptors (Lipinski definition) is 7. The lowest BCUT2D eigenvalue weighted by Gasteiger charge is -2.34. The molecule has 1 fully saturated rings. The van der Waals surface area contributed by atoms with Crippen molar-refractivity contribution in [3.05, 3.63) is 29.2 Å². The summed E-state index contributed by atoms with van der Waals surface area (Å²) in [7, 11) is 1.75. The van der Waals surface area contributed by atoms with Gasteiger partial charge in [-0.3, -0.25) is 4.90 Å². The van der Waals surface area contributed by atoms with Crippen LogP contribution in [0.1, 0.15) is 36.8 Å². The van der Waals surface area contributed by atoms with Gasteiger partial charge in [0, 0.05) is 37.0 Å². The van der Waals surface area contributed by atoms with Gasteiger partial charge in [0.2, 0.25) is 0 Å². The van der Waals surface area contributed by atoms with Gasteiger partial charge in [0.05, 0.1) is 12.6 Å². The van der Waals surface area contributed by atoms with Crippen LogP contribution in [0.2, 0.25) is 0 Å². The quantitative estimate of drug-likeness (QED) is 0.876. The summed E-state index contributed by atoms with van der Waals surface area (Å²) in [5.41, 5.74) is 0.978. The molecule has 0 saturated carbocycles. The van der Waals surface area contributed by atoms with Crippen molar-refractivity contribution in [3.63, 3.8) is 0 Å². The lowest BCUT2D eigenvalue weighted by molar-refractivity contribution is 0.0922. The van der Waals surface area contributed by atoms with E-state index in [9.17, 15) is 0 Å². The highest BCUT2D eigenvalue weighted by Crippen LogP contribution is 2.29. The molecule has 0 bridgehead atoms. The summed E-state index contributed by atoms with van der Waals surface area (Å²) in [6, 6.07) is 2.24. The molecule has 2 aromatic rings. The molecule has 0 spiro atoms. The minimum atomic E-state index is 0.274. The van der Waals surface area contributed by atoms with Crippen LogP contribution in [0, 0.1) is 6.92 Å². The fourth-order valence-electron chi connectivity index (χ4n) is 2.96. The van der Waals surface area contributed by atoms with E-state index >= 15 is 0 Å². The largest absolute Gasteiger partial charge is 0.383 e. The summed E-state index contributed by atoms with van der Waals surface area (Å²) in [4.78, 5) is 16.1. The van der Waals surface area contributed by atoms with E-state index in [1.807, 2.05) is 18.4 Å². The Hall–Kier alpha value is -1.57. The van der Waals surface area contributed by atoms with Crippen molar-refractivity contribution in [2.45, 2.75) is 32.2 Å². The summed E-state index contributed by atoms with van der Waals surface area (Å²) in [5.74, 6) is 1.72. The summed E-state index contributed by atoms with van der Waals surface area (Å²) < 4.78 is 5.24. The number of anilines is 2. The zero-order chi connectivity index (χ0) is 16.1. The molecule has 23 heavy (non-hydrogen) atoms. The van der Waals surface area contributed by atoms with Crippen molar-refractivity contribution in [2.75, 3.05) is 32.1 Å². The van der Waals surface area contributed by atoms with Crippen molar-refractivity contribution in [2.24, 2.45) is 0 Å². The lowest BCUT2D eigenvalue weighted by atomic mass is 10.0. The van der Waals surface area contributed by atoms with Gasteiger partial charge in [-0.05, 0) is 26.3 Å². The second kappa shape index (κ2) is 7.81. The topological polar surface area (TPSA) is 63.2 Å². The summed E-state index contributed by atoms with van der Waals surface area (Å²) >= 11 is 1.57. The molecule has 1 saturated heterocycles. The monoisotopic (exact) mass is 333 g/mol. The fourth-order valence-corrected chi connectivity index (χ4v) is 3.49. The summed E-state index contributed by atoms with van der Waals surface area (Å²) in [5, 5.41) is 6.08. The molecule has 124 valence electrons. The van der Waals surface area contributed by atoms with Gasteiger partial charge < -0.3 is 10.1 Å². The molecule has 0 aliphatic carbocycles. The molecule has 0 radical (unpaired) electrons. The maximum absolute atomic E-state index is 5.24. The first-order valence-corrected chi connectivity index (χ1v) is 8.89. The molecule has 1 atom stereocenters. The SMILES string of the molecule is COCCN1CCCCC1c1nc(C)cc(Nc2nccs2)n1. The van der Waals surface area contributed by atoms with E-state index in [0.717, 1.165) is 48.6 Å². The van der Waals surface area contributed by atoms with Crippen molar-refractivity contribution in [1.29, 1.82) is 0 Å². The molecular weight excluding hydrogens is 310 g/mol.